The lowest BCUT2D eigenvalue weighted by Gasteiger charge is -2.13. The molecule has 17 heavy (non-hydrogen) atoms. The standard InChI is InChI=1S/C9H9ClN6O/c10-7-1-2-12-9(14-7)16-5-6(3-8(16)17)4-13-15-11/h1-2,6H,3-5H2. The van der Waals surface area contributed by atoms with E-state index in [0.29, 0.717) is 30.6 Å². The van der Waals surface area contributed by atoms with Crippen LogP contribution in [0, 0.1) is 5.92 Å². The van der Waals surface area contributed by atoms with E-state index in [1.165, 1.54) is 11.1 Å². The molecule has 1 aromatic rings. The number of carbonyl (C=O) groups is 1. The predicted molar refractivity (Wildman–Crippen MR) is 61.5 cm³/mol. The van der Waals surface area contributed by atoms with Gasteiger partial charge in [-0.2, -0.15) is 0 Å². The highest BCUT2D eigenvalue weighted by molar-refractivity contribution is 6.29. The summed E-state index contributed by atoms with van der Waals surface area (Å²) in [7, 11) is 0. The summed E-state index contributed by atoms with van der Waals surface area (Å²) in [4.78, 5) is 23.8. The Kier molecular flexibility index (Phi) is 3.41. The number of rotatable bonds is 3. The Bertz CT molecular complexity index is 486. The van der Waals surface area contributed by atoms with Crippen molar-refractivity contribution in [2.24, 2.45) is 11.0 Å². The third-order valence-corrected chi connectivity index (χ3v) is 2.67. The van der Waals surface area contributed by atoms with Gasteiger partial charge in [-0.3, -0.25) is 9.69 Å². The lowest BCUT2D eigenvalue weighted by molar-refractivity contribution is -0.117. The maximum absolute atomic E-state index is 11.7. The van der Waals surface area contributed by atoms with E-state index in [-0.39, 0.29) is 11.8 Å². The zero-order chi connectivity index (χ0) is 12.3. The van der Waals surface area contributed by atoms with Crippen molar-refractivity contribution in [2.45, 2.75) is 6.42 Å². The van der Waals surface area contributed by atoms with Gasteiger partial charge >= 0.3 is 0 Å². The molecular formula is C9H9ClN6O. The minimum atomic E-state index is -0.0783. The first-order valence-corrected chi connectivity index (χ1v) is 5.38. The minimum absolute atomic E-state index is 0.0148. The fourth-order valence-corrected chi connectivity index (χ4v) is 1.84. The fraction of sp³-hybridized carbons (Fsp3) is 0.444. The van der Waals surface area contributed by atoms with E-state index >= 15 is 0 Å². The average molecular weight is 253 g/mol. The summed E-state index contributed by atoms with van der Waals surface area (Å²) in [6.07, 6.45) is 1.84. The van der Waals surface area contributed by atoms with Crippen molar-refractivity contribution in [3.05, 3.63) is 27.9 Å². The molecule has 0 aliphatic carbocycles. The van der Waals surface area contributed by atoms with Crippen LogP contribution in [0.25, 0.3) is 10.4 Å². The highest BCUT2D eigenvalue weighted by Crippen LogP contribution is 2.23. The highest BCUT2D eigenvalue weighted by atomic mass is 35.5. The van der Waals surface area contributed by atoms with Gasteiger partial charge in [0.1, 0.15) is 5.15 Å². The van der Waals surface area contributed by atoms with Crippen LogP contribution in [0.1, 0.15) is 6.42 Å². The van der Waals surface area contributed by atoms with Crippen molar-refractivity contribution in [1.29, 1.82) is 0 Å². The third kappa shape index (κ3) is 2.64. The second-order valence-electron chi connectivity index (χ2n) is 3.67. The van der Waals surface area contributed by atoms with Gasteiger partial charge in [-0.1, -0.05) is 16.7 Å². The maximum Gasteiger partial charge on any atom is 0.233 e. The van der Waals surface area contributed by atoms with Crippen LogP contribution in [0.2, 0.25) is 5.15 Å². The second-order valence-corrected chi connectivity index (χ2v) is 4.05. The highest BCUT2D eigenvalue weighted by Gasteiger charge is 2.31. The van der Waals surface area contributed by atoms with Crippen LogP contribution in [0.4, 0.5) is 5.95 Å². The van der Waals surface area contributed by atoms with Gasteiger partial charge in [-0.05, 0) is 17.5 Å². The van der Waals surface area contributed by atoms with Crippen LogP contribution in [0.3, 0.4) is 0 Å². The van der Waals surface area contributed by atoms with E-state index in [2.05, 4.69) is 20.0 Å². The molecule has 8 heteroatoms. The summed E-state index contributed by atoms with van der Waals surface area (Å²) in [6.45, 7) is 0.761. The van der Waals surface area contributed by atoms with Crippen LogP contribution in [-0.4, -0.2) is 29.0 Å². The monoisotopic (exact) mass is 252 g/mol. The number of nitrogens with zero attached hydrogens (tertiary/aromatic N) is 6. The van der Waals surface area contributed by atoms with Crippen molar-refractivity contribution in [3.63, 3.8) is 0 Å². The molecule has 1 unspecified atom stereocenters. The van der Waals surface area contributed by atoms with Crippen molar-refractivity contribution >= 4 is 23.5 Å². The third-order valence-electron chi connectivity index (χ3n) is 2.46. The molecule has 0 aromatic carbocycles. The zero-order valence-electron chi connectivity index (χ0n) is 8.82. The van der Waals surface area contributed by atoms with Gasteiger partial charge in [0.15, 0.2) is 0 Å². The van der Waals surface area contributed by atoms with E-state index in [4.69, 9.17) is 17.1 Å². The maximum atomic E-state index is 11.7. The number of halogens is 1. The largest absolute Gasteiger partial charge is 0.280 e. The molecule has 1 atom stereocenters. The van der Waals surface area contributed by atoms with Gasteiger partial charge in [0.25, 0.3) is 0 Å². The van der Waals surface area contributed by atoms with Gasteiger partial charge in [-0.15, -0.1) is 0 Å². The fourth-order valence-electron chi connectivity index (χ4n) is 1.71. The molecule has 1 amide bonds. The van der Waals surface area contributed by atoms with Crippen LogP contribution >= 0.6 is 11.6 Å². The Morgan fingerprint density at radius 2 is 2.53 bits per heavy atom. The Labute approximate surface area is 102 Å². The molecule has 2 heterocycles. The molecule has 0 radical (unpaired) electrons. The first kappa shape index (κ1) is 11.6. The van der Waals surface area contributed by atoms with Crippen LogP contribution in [-0.2, 0) is 4.79 Å². The normalized spacial score (nSPS) is 19.2. The topological polar surface area (TPSA) is 94.9 Å². The molecule has 1 aromatic heterocycles. The predicted octanol–water partition coefficient (Wildman–Crippen LogP) is 1.79. The molecule has 0 bridgehead atoms. The first-order chi connectivity index (χ1) is 8.20. The summed E-state index contributed by atoms with van der Waals surface area (Å²) in [5, 5.41) is 3.76. The molecule has 1 aliphatic rings. The van der Waals surface area contributed by atoms with Crippen molar-refractivity contribution < 1.29 is 4.79 Å². The number of azide groups is 1. The molecule has 1 aliphatic heterocycles. The van der Waals surface area contributed by atoms with Gasteiger partial charge in [-0.25, -0.2) is 9.97 Å². The molecule has 2 rings (SSSR count). The number of aromatic nitrogens is 2. The smallest absolute Gasteiger partial charge is 0.233 e. The summed E-state index contributed by atoms with van der Waals surface area (Å²) in [5.41, 5.74) is 8.23. The SMILES string of the molecule is [N-]=[N+]=NCC1CC(=O)N(c2nccc(Cl)n2)C1. The van der Waals surface area contributed by atoms with E-state index in [0.717, 1.165) is 0 Å². The van der Waals surface area contributed by atoms with E-state index in [1.807, 2.05) is 0 Å². The van der Waals surface area contributed by atoms with Crippen molar-refractivity contribution in [1.82, 2.24) is 9.97 Å². The Hall–Kier alpha value is -1.85. The van der Waals surface area contributed by atoms with Crippen molar-refractivity contribution in [3.8, 4) is 0 Å². The lowest BCUT2D eigenvalue weighted by atomic mass is 10.1. The van der Waals surface area contributed by atoms with E-state index in [9.17, 15) is 4.79 Å². The number of carbonyl (C=O) groups excluding carboxylic acids is 1. The molecular weight excluding hydrogens is 244 g/mol. The quantitative estimate of drug-likeness (QED) is 0.355. The van der Waals surface area contributed by atoms with E-state index < -0.39 is 0 Å². The summed E-state index contributed by atoms with van der Waals surface area (Å²) < 4.78 is 0. The number of amides is 1. The number of hydrogen-bond donors (Lipinski definition) is 0. The Morgan fingerprint density at radius 1 is 1.71 bits per heavy atom. The van der Waals surface area contributed by atoms with Crippen LogP contribution < -0.4 is 4.90 Å². The average Bonchev–Trinajstić information content (AvgIpc) is 2.68. The second kappa shape index (κ2) is 4.99. The molecule has 0 spiro atoms. The zero-order valence-corrected chi connectivity index (χ0v) is 9.58. The minimum Gasteiger partial charge on any atom is -0.280 e. The molecule has 7 nitrogen and oxygen atoms in total. The Balaban J connectivity index is 2.12. The first-order valence-electron chi connectivity index (χ1n) is 5.00. The molecule has 0 saturated carbocycles. The van der Waals surface area contributed by atoms with Gasteiger partial charge in [0.2, 0.25) is 11.9 Å². The summed E-state index contributed by atoms with van der Waals surface area (Å²) in [6, 6.07) is 1.54. The molecule has 1 fully saturated rings. The molecule has 1 saturated heterocycles. The van der Waals surface area contributed by atoms with Crippen LogP contribution in [0.15, 0.2) is 17.4 Å². The lowest BCUT2D eigenvalue weighted by Crippen LogP contribution is -2.26. The van der Waals surface area contributed by atoms with Crippen LogP contribution in [0.5, 0.6) is 0 Å². The van der Waals surface area contributed by atoms with Gasteiger partial charge in [0.05, 0.1) is 0 Å². The Morgan fingerprint density at radius 3 is 3.24 bits per heavy atom. The van der Waals surface area contributed by atoms with Gasteiger partial charge in [0, 0.05) is 30.6 Å². The number of hydrogen-bond acceptors (Lipinski definition) is 4. The van der Waals surface area contributed by atoms with E-state index in [1.54, 1.807) is 6.07 Å². The number of anilines is 1. The molecule has 88 valence electrons. The summed E-state index contributed by atoms with van der Waals surface area (Å²) in [5.74, 6) is 0.234. The van der Waals surface area contributed by atoms with Crippen molar-refractivity contribution in [2.75, 3.05) is 18.0 Å². The summed E-state index contributed by atoms with van der Waals surface area (Å²) >= 11 is 5.74. The van der Waals surface area contributed by atoms with Gasteiger partial charge < -0.3 is 0 Å². The molecule has 0 N–H and O–H groups in total.